The molecule has 1 heterocycles. The summed E-state index contributed by atoms with van der Waals surface area (Å²) in [6, 6.07) is 2.02. The average molecular weight is 323 g/mol. The molecule has 0 unspecified atom stereocenters. The molecule has 1 aromatic carbocycles. The highest BCUT2D eigenvalue weighted by molar-refractivity contribution is 7.85. The van der Waals surface area contributed by atoms with Crippen molar-refractivity contribution in [2.75, 3.05) is 5.01 Å². The van der Waals surface area contributed by atoms with Gasteiger partial charge in [0.1, 0.15) is 5.69 Å². The predicted octanol–water partition coefficient (Wildman–Crippen LogP) is 2.35. The molecule has 0 bridgehead atoms. The first-order valence-electron chi connectivity index (χ1n) is 5.03. The first kappa shape index (κ1) is 14.3. The van der Waals surface area contributed by atoms with E-state index in [0.29, 0.717) is 5.71 Å². The van der Waals surface area contributed by atoms with Gasteiger partial charge in [0.15, 0.2) is 0 Å². The molecule has 0 radical (unpaired) electrons. The van der Waals surface area contributed by atoms with Crippen LogP contribution in [-0.2, 0) is 14.9 Å². The number of rotatable bonds is 2. The van der Waals surface area contributed by atoms with Crippen LogP contribution in [0.2, 0.25) is 10.0 Å². The number of anilines is 1. The number of nitrogens with zero attached hydrogens (tertiary/aromatic N) is 2. The van der Waals surface area contributed by atoms with Crippen LogP contribution >= 0.6 is 23.2 Å². The SMILES string of the molecule is CC1=NN(c2c(Cl)cc(S(=O)(=O)O)cc2Cl)C(=O)C1. The van der Waals surface area contributed by atoms with Gasteiger partial charge in [0.05, 0.1) is 21.4 Å². The second kappa shape index (κ2) is 4.75. The lowest BCUT2D eigenvalue weighted by molar-refractivity contribution is -0.116. The smallest absolute Gasteiger partial charge is 0.282 e. The van der Waals surface area contributed by atoms with Gasteiger partial charge in [0, 0.05) is 5.71 Å². The lowest BCUT2D eigenvalue weighted by atomic mass is 10.3. The van der Waals surface area contributed by atoms with Crippen LogP contribution in [0, 0.1) is 0 Å². The van der Waals surface area contributed by atoms with E-state index in [-0.39, 0.29) is 28.1 Å². The average Bonchev–Trinajstić information content (AvgIpc) is 2.55. The molecule has 0 atom stereocenters. The Balaban J connectivity index is 2.58. The standard InChI is InChI=1S/C10H8Cl2N2O4S/c1-5-2-9(15)14(13-5)10-7(11)3-6(4-8(10)12)19(16,17)18/h3-4H,2H2,1H3,(H,16,17,18). The van der Waals surface area contributed by atoms with Gasteiger partial charge in [-0.1, -0.05) is 23.2 Å². The van der Waals surface area contributed by atoms with Gasteiger partial charge in [-0.15, -0.1) is 0 Å². The summed E-state index contributed by atoms with van der Waals surface area (Å²) in [5.74, 6) is -0.319. The molecular formula is C10H8Cl2N2O4S. The Kier molecular flexibility index (Phi) is 3.57. The molecule has 0 spiro atoms. The first-order valence-corrected chi connectivity index (χ1v) is 7.23. The van der Waals surface area contributed by atoms with Gasteiger partial charge >= 0.3 is 0 Å². The van der Waals surface area contributed by atoms with Crippen molar-refractivity contribution in [3.63, 3.8) is 0 Å². The molecule has 0 saturated heterocycles. The van der Waals surface area contributed by atoms with E-state index in [9.17, 15) is 13.2 Å². The minimum atomic E-state index is -4.42. The Morgan fingerprint density at radius 3 is 2.21 bits per heavy atom. The van der Waals surface area contributed by atoms with Crippen LogP contribution in [0.4, 0.5) is 5.69 Å². The third-order valence-electron chi connectivity index (χ3n) is 2.41. The first-order chi connectivity index (χ1) is 8.70. The van der Waals surface area contributed by atoms with Crippen molar-refractivity contribution in [1.29, 1.82) is 0 Å². The Hall–Kier alpha value is -1.15. The van der Waals surface area contributed by atoms with Gasteiger partial charge < -0.3 is 0 Å². The maximum absolute atomic E-state index is 11.7. The molecule has 1 amide bonds. The summed E-state index contributed by atoms with van der Waals surface area (Å²) < 4.78 is 31.0. The highest BCUT2D eigenvalue weighted by Gasteiger charge is 2.28. The quantitative estimate of drug-likeness (QED) is 0.846. The molecule has 9 heteroatoms. The molecule has 1 N–H and O–H groups in total. The summed E-state index contributed by atoms with van der Waals surface area (Å²) in [6.45, 7) is 1.67. The van der Waals surface area contributed by atoms with Crippen LogP contribution in [0.5, 0.6) is 0 Å². The highest BCUT2D eigenvalue weighted by atomic mass is 35.5. The summed E-state index contributed by atoms with van der Waals surface area (Å²) >= 11 is 11.8. The van der Waals surface area contributed by atoms with Gasteiger partial charge in [-0.3, -0.25) is 9.35 Å². The normalized spacial score (nSPS) is 15.9. The van der Waals surface area contributed by atoms with E-state index < -0.39 is 15.0 Å². The molecule has 0 fully saturated rings. The van der Waals surface area contributed by atoms with Gasteiger partial charge in [0.25, 0.3) is 16.0 Å². The lowest BCUT2D eigenvalue weighted by Crippen LogP contribution is -2.20. The van der Waals surface area contributed by atoms with Crippen molar-refractivity contribution in [1.82, 2.24) is 0 Å². The maximum Gasteiger partial charge on any atom is 0.294 e. The van der Waals surface area contributed by atoms with Crippen LogP contribution in [0.15, 0.2) is 22.1 Å². The van der Waals surface area contributed by atoms with E-state index >= 15 is 0 Å². The van der Waals surface area contributed by atoms with E-state index in [2.05, 4.69) is 5.10 Å². The molecule has 0 saturated carbocycles. The molecule has 0 aliphatic carbocycles. The van der Waals surface area contributed by atoms with E-state index in [1.807, 2.05) is 0 Å². The number of carbonyl (C=O) groups excluding carboxylic acids is 1. The van der Waals surface area contributed by atoms with Crippen LogP contribution < -0.4 is 5.01 Å². The Labute approximate surface area is 119 Å². The van der Waals surface area contributed by atoms with Gasteiger partial charge in [0.2, 0.25) is 0 Å². The zero-order valence-corrected chi connectivity index (χ0v) is 11.9. The molecule has 102 valence electrons. The second-order valence-electron chi connectivity index (χ2n) is 3.93. The molecule has 19 heavy (non-hydrogen) atoms. The number of halogens is 2. The van der Waals surface area contributed by atoms with Crippen molar-refractivity contribution in [2.45, 2.75) is 18.2 Å². The summed E-state index contributed by atoms with van der Waals surface area (Å²) in [5, 5.41) is 4.81. The maximum atomic E-state index is 11.7. The monoisotopic (exact) mass is 322 g/mol. The predicted molar refractivity (Wildman–Crippen MR) is 71.5 cm³/mol. The molecular weight excluding hydrogens is 315 g/mol. The van der Waals surface area contributed by atoms with Crippen molar-refractivity contribution in [3.05, 3.63) is 22.2 Å². The summed E-state index contributed by atoms with van der Waals surface area (Å²) in [5.41, 5.74) is 0.688. The highest BCUT2D eigenvalue weighted by Crippen LogP contribution is 2.38. The molecule has 2 rings (SSSR count). The van der Waals surface area contributed by atoms with E-state index in [1.165, 1.54) is 0 Å². The number of hydrazone groups is 1. The van der Waals surface area contributed by atoms with Crippen LogP contribution in [0.25, 0.3) is 0 Å². The summed E-state index contributed by atoms with van der Waals surface area (Å²) in [4.78, 5) is 11.3. The van der Waals surface area contributed by atoms with Crippen LogP contribution in [-0.4, -0.2) is 24.6 Å². The van der Waals surface area contributed by atoms with Gasteiger partial charge in [-0.2, -0.15) is 18.5 Å². The third kappa shape index (κ3) is 2.74. The van der Waals surface area contributed by atoms with E-state index in [1.54, 1.807) is 6.92 Å². The van der Waals surface area contributed by atoms with Crippen LogP contribution in [0.1, 0.15) is 13.3 Å². The Bertz CT molecular complexity index is 676. The fourth-order valence-corrected chi connectivity index (χ4v) is 2.93. The van der Waals surface area contributed by atoms with Crippen molar-refractivity contribution >= 4 is 50.6 Å². The summed E-state index contributed by atoms with van der Waals surface area (Å²) in [6.07, 6.45) is 0.146. The molecule has 1 aliphatic heterocycles. The largest absolute Gasteiger partial charge is 0.294 e. The van der Waals surface area contributed by atoms with Crippen LogP contribution in [0.3, 0.4) is 0 Å². The second-order valence-corrected chi connectivity index (χ2v) is 6.16. The van der Waals surface area contributed by atoms with Crippen molar-refractivity contribution in [2.24, 2.45) is 5.10 Å². The number of benzene rings is 1. The van der Waals surface area contributed by atoms with Crippen molar-refractivity contribution < 1.29 is 17.8 Å². The molecule has 0 aromatic heterocycles. The summed E-state index contributed by atoms with van der Waals surface area (Å²) in [7, 11) is -4.42. The number of hydrogen-bond donors (Lipinski definition) is 1. The third-order valence-corrected chi connectivity index (χ3v) is 3.82. The van der Waals surface area contributed by atoms with E-state index in [0.717, 1.165) is 17.1 Å². The zero-order valence-electron chi connectivity index (χ0n) is 9.59. The van der Waals surface area contributed by atoms with E-state index in [4.69, 9.17) is 27.8 Å². The Morgan fingerprint density at radius 1 is 1.32 bits per heavy atom. The lowest BCUT2D eigenvalue weighted by Gasteiger charge is -2.16. The number of hydrogen-bond acceptors (Lipinski definition) is 4. The minimum Gasteiger partial charge on any atom is -0.282 e. The topological polar surface area (TPSA) is 87.0 Å². The fourth-order valence-electron chi connectivity index (χ4n) is 1.62. The molecule has 6 nitrogen and oxygen atoms in total. The minimum absolute atomic E-state index is 0.0908. The fraction of sp³-hybridized carbons (Fsp3) is 0.200. The molecule has 1 aromatic rings. The molecule has 1 aliphatic rings. The van der Waals surface area contributed by atoms with Crippen molar-refractivity contribution in [3.8, 4) is 0 Å². The van der Waals surface area contributed by atoms with Gasteiger partial charge in [-0.05, 0) is 19.1 Å². The zero-order chi connectivity index (χ0) is 14.4. The number of amides is 1. The Morgan fingerprint density at radius 2 is 1.84 bits per heavy atom. The van der Waals surface area contributed by atoms with Gasteiger partial charge in [-0.25, -0.2) is 0 Å². The number of carbonyl (C=O) groups is 1.